The average molecular weight is 525 g/mol. The number of nitrogens with one attached hydrogen (secondary N) is 1. The lowest BCUT2D eigenvalue weighted by atomic mass is 10.0. The number of aromatic nitrogens is 2. The van der Waals surface area contributed by atoms with E-state index in [0.29, 0.717) is 26.7 Å². The van der Waals surface area contributed by atoms with Gasteiger partial charge in [0.1, 0.15) is 17.5 Å². The summed E-state index contributed by atoms with van der Waals surface area (Å²) in [7, 11) is 3.26. The molecular formula is C26H22Cl2N4O2S. The maximum absolute atomic E-state index is 6.61. The van der Waals surface area contributed by atoms with Crippen molar-refractivity contribution in [1.82, 2.24) is 14.9 Å². The summed E-state index contributed by atoms with van der Waals surface area (Å²) in [6, 6.07) is 20.6. The third kappa shape index (κ3) is 4.31. The van der Waals surface area contributed by atoms with Gasteiger partial charge in [-0.15, -0.1) is 0 Å². The Morgan fingerprint density at radius 2 is 1.77 bits per heavy atom. The Morgan fingerprint density at radius 1 is 0.943 bits per heavy atom. The highest BCUT2D eigenvalue weighted by Crippen LogP contribution is 2.46. The number of ether oxygens (including phenoxy) is 2. The minimum Gasteiger partial charge on any atom is -0.497 e. The summed E-state index contributed by atoms with van der Waals surface area (Å²) in [5, 5.41) is 5.16. The summed E-state index contributed by atoms with van der Waals surface area (Å²) < 4.78 is 13.2. The van der Waals surface area contributed by atoms with Crippen molar-refractivity contribution in [2.24, 2.45) is 0 Å². The third-order valence-corrected chi connectivity index (χ3v) is 6.85. The molecule has 35 heavy (non-hydrogen) atoms. The molecule has 0 radical (unpaired) electrons. The van der Waals surface area contributed by atoms with Crippen molar-refractivity contribution < 1.29 is 9.47 Å². The molecule has 5 rings (SSSR count). The standard InChI is InChI=1S/C26H22Cl2N4O2S/c1-33-17-9-11-21(23(15-17)34-2)32-25(24(30-26(32)35)19-6-3-4-12-29-19)22-7-5-13-31(22)20-10-8-16(27)14-18(20)28/h3-15,24-25H,1-2H3,(H,30,35)/t24-,25-/m1/s1. The molecule has 2 atom stereocenters. The molecule has 3 heterocycles. The zero-order chi connectivity index (χ0) is 24.5. The fraction of sp³-hybridized carbons (Fsp3) is 0.154. The second-order valence-electron chi connectivity index (χ2n) is 7.93. The second-order valence-corrected chi connectivity index (χ2v) is 9.16. The maximum Gasteiger partial charge on any atom is 0.174 e. The zero-order valence-corrected chi connectivity index (χ0v) is 21.3. The van der Waals surface area contributed by atoms with Crippen LogP contribution >= 0.6 is 35.4 Å². The first-order valence-electron chi connectivity index (χ1n) is 10.9. The van der Waals surface area contributed by atoms with E-state index in [1.54, 1.807) is 26.5 Å². The number of methoxy groups -OCH3 is 2. The van der Waals surface area contributed by atoms with Crippen LogP contribution in [0.3, 0.4) is 0 Å². The third-order valence-electron chi connectivity index (χ3n) is 6.00. The average Bonchev–Trinajstić information content (AvgIpc) is 3.48. The second kappa shape index (κ2) is 9.77. The van der Waals surface area contributed by atoms with E-state index < -0.39 is 0 Å². The molecule has 178 valence electrons. The number of hydrogen-bond acceptors (Lipinski definition) is 4. The summed E-state index contributed by atoms with van der Waals surface area (Å²) in [5.41, 5.74) is 3.46. The summed E-state index contributed by atoms with van der Waals surface area (Å²) in [6.45, 7) is 0. The number of nitrogens with zero attached hydrogens (tertiary/aromatic N) is 3. The highest BCUT2D eigenvalue weighted by molar-refractivity contribution is 7.80. The van der Waals surface area contributed by atoms with Crippen molar-refractivity contribution in [2.75, 3.05) is 19.1 Å². The molecule has 1 aliphatic heterocycles. The van der Waals surface area contributed by atoms with Gasteiger partial charge < -0.3 is 24.3 Å². The topological polar surface area (TPSA) is 51.5 Å². The fourth-order valence-electron chi connectivity index (χ4n) is 4.43. The lowest BCUT2D eigenvalue weighted by molar-refractivity contribution is 0.394. The predicted molar refractivity (Wildman–Crippen MR) is 143 cm³/mol. The van der Waals surface area contributed by atoms with E-state index in [-0.39, 0.29) is 12.1 Å². The van der Waals surface area contributed by atoms with Gasteiger partial charge in [-0.2, -0.15) is 0 Å². The molecule has 0 unspecified atom stereocenters. The Balaban J connectivity index is 1.70. The molecule has 0 bridgehead atoms. The number of thiocarbonyl (C=S) groups is 1. The summed E-state index contributed by atoms with van der Waals surface area (Å²) in [4.78, 5) is 6.69. The van der Waals surface area contributed by atoms with Gasteiger partial charge in [-0.05, 0) is 66.8 Å². The molecule has 1 N–H and O–H groups in total. The van der Waals surface area contributed by atoms with Crippen LogP contribution in [0.1, 0.15) is 23.5 Å². The minimum atomic E-state index is -0.263. The van der Waals surface area contributed by atoms with Crippen molar-refractivity contribution in [1.29, 1.82) is 0 Å². The predicted octanol–water partition coefficient (Wildman–Crippen LogP) is 6.37. The first-order chi connectivity index (χ1) is 17.0. The molecular weight excluding hydrogens is 503 g/mol. The normalized spacial score (nSPS) is 17.4. The van der Waals surface area contributed by atoms with Gasteiger partial charge in [0, 0.05) is 29.2 Å². The molecule has 2 aromatic heterocycles. The summed E-state index contributed by atoms with van der Waals surface area (Å²) in [6.07, 6.45) is 3.76. The number of rotatable bonds is 6. The van der Waals surface area contributed by atoms with Gasteiger partial charge in [-0.1, -0.05) is 29.3 Å². The molecule has 1 fully saturated rings. The van der Waals surface area contributed by atoms with Crippen LogP contribution in [-0.4, -0.2) is 28.9 Å². The van der Waals surface area contributed by atoms with Crippen LogP contribution in [0.15, 0.2) is 79.1 Å². The number of benzene rings is 2. The van der Waals surface area contributed by atoms with Crippen LogP contribution in [0.2, 0.25) is 10.0 Å². The van der Waals surface area contributed by atoms with Crippen molar-refractivity contribution in [3.8, 4) is 17.2 Å². The van der Waals surface area contributed by atoms with E-state index in [0.717, 1.165) is 22.8 Å². The minimum absolute atomic E-state index is 0.227. The van der Waals surface area contributed by atoms with Crippen LogP contribution < -0.4 is 19.7 Å². The van der Waals surface area contributed by atoms with Gasteiger partial charge in [0.2, 0.25) is 0 Å². The molecule has 1 aliphatic rings. The van der Waals surface area contributed by atoms with E-state index in [2.05, 4.69) is 25.8 Å². The first-order valence-corrected chi connectivity index (χ1v) is 12.0. The molecule has 0 amide bonds. The van der Waals surface area contributed by atoms with Crippen LogP contribution in [0, 0.1) is 0 Å². The molecule has 1 saturated heterocycles. The number of hydrogen-bond donors (Lipinski definition) is 1. The molecule has 0 saturated carbocycles. The first kappa shape index (κ1) is 23.5. The van der Waals surface area contributed by atoms with Gasteiger partial charge in [-0.25, -0.2) is 0 Å². The van der Waals surface area contributed by atoms with Crippen molar-refractivity contribution in [3.05, 3.63) is 101 Å². The van der Waals surface area contributed by atoms with E-state index in [1.165, 1.54) is 0 Å². The van der Waals surface area contributed by atoms with Crippen molar-refractivity contribution in [2.45, 2.75) is 12.1 Å². The fourth-order valence-corrected chi connectivity index (χ4v) is 5.27. The lowest BCUT2D eigenvalue weighted by Crippen LogP contribution is -2.30. The highest BCUT2D eigenvalue weighted by atomic mass is 35.5. The van der Waals surface area contributed by atoms with E-state index in [9.17, 15) is 0 Å². The lowest BCUT2D eigenvalue weighted by Gasteiger charge is -2.30. The highest BCUT2D eigenvalue weighted by Gasteiger charge is 2.43. The smallest absolute Gasteiger partial charge is 0.174 e. The maximum atomic E-state index is 6.61. The molecule has 0 spiro atoms. The van der Waals surface area contributed by atoms with Gasteiger partial charge >= 0.3 is 0 Å². The van der Waals surface area contributed by atoms with Crippen LogP contribution in [0.5, 0.6) is 11.5 Å². The van der Waals surface area contributed by atoms with Crippen LogP contribution in [0.4, 0.5) is 5.69 Å². The van der Waals surface area contributed by atoms with Crippen molar-refractivity contribution >= 4 is 46.2 Å². The van der Waals surface area contributed by atoms with Crippen LogP contribution in [0.25, 0.3) is 5.69 Å². The molecule has 0 aliphatic carbocycles. The molecule has 2 aromatic carbocycles. The largest absolute Gasteiger partial charge is 0.497 e. The monoisotopic (exact) mass is 524 g/mol. The van der Waals surface area contributed by atoms with Crippen LogP contribution in [-0.2, 0) is 0 Å². The van der Waals surface area contributed by atoms with E-state index in [1.807, 2.05) is 60.8 Å². The molecule has 9 heteroatoms. The number of anilines is 1. The Hall–Kier alpha value is -3.26. The van der Waals surface area contributed by atoms with Gasteiger partial charge in [-0.3, -0.25) is 4.98 Å². The van der Waals surface area contributed by atoms with Crippen molar-refractivity contribution in [3.63, 3.8) is 0 Å². The van der Waals surface area contributed by atoms with E-state index >= 15 is 0 Å². The van der Waals surface area contributed by atoms with Gasteiger partial charge in [0.15, 0.2) is 5.11 Å². The summed E-state index contributed by atoms with van der Waals surface area (Å²) >= 11 is 18.6. The van der Waals surface area contributed by atoms with E-state index in [4.69, 9.17) is 44.9 Å². The van der Waals surface area contributed by atoms with Gasteiger partial charge in [0.25, 0.3) is 0 Å². The summed E-state index contributed by atoms with van der Waals surface area (Å²) in [5.74, 6) is 1.33. The molecule has 6 nitrogen and oxygen atoms in total. The Labute approximate surface area is 219 Å². The quantitative estimate of drug-likeness (QED) is 0.295. The molecule has 4 aromatic rings. The Morgan fingerprint density at radius 3 is 2.49 bits per heavy atom. The number of halogens is 2. The number of pyridine rings is 1. The SMILES string of the molecule is COc1ccc(N2C(=S)N[C@H](c3ccccn3)[C@H]2c2cccn2-c2ccc(Cl)cc2Cl)c(OC)c1. The zero-order valence-electron chi connectivity index (χ0n) is 19.0. The Bertz CT molecular complexity index is 1380. The van der Waals surface area contributed by atoms with Gasteiger partial charge in [0.05, 0.1) is 42.4 Å². The Kier molecular flexibility index (Phi) is 6.56.